The van der Waals surface area contributed by atoms with Gasteiger partial charge in [0.25, 0.3) is 0 Å². The highest BCUT2D eigenvalue weighted by atomic mass is 19.4. The van der Waals surface area contributed by atoms with E-state index in [1.807, 2.05) is 13.0 Å². The average Bonchev–Trinajstić information content (AvgIpc) is 3.42. The fraction of sp³-hybridized carbons (Fsp3) is 0.394. The van der Waals surface area contributed by atoms with Crippen LogP contribution in [0.3, 0.4) is 0 Å². The van der Waals surface area contributed by atoms with E-state index in [4.69, 9.17) is 24.5 Å². The Balaban J connectivity index is 1.20. The molecule has 2 aromatic carbocycles. The van der Waals surface area contributed by atoms with Crippen molar-refractivity contribution in [3.05, 3.63) is 82.4 Å². The molecule has 0 spiro atoms. The van der Waals surface area contributed by atoms with Crippen molar-refractivity contribution in [1.29, 1.82) is 5.26 Å². The SMILES string of the molecule is COC(=O)c1ccc2nc([C@H](C)N3CCN(c4cc(C(F)(F)F)cc(OCc5ccc(C#N)cc5F)n4)CC3)n(CC3CCO3)c2c1. The van der Waals surface area contributed by atoms with Crippen LogP contribution >= 0.6 is 0 Å². The Morgan fingerprint density at radius 3 is 2.51 bits per heavy atom. The molecular formula is C33H32F4N6O4. The van der Waals surface area contributed by atoms with Gasteiger partial charge in [0.2, 0.25) is 5.88 Å². The normalized spacial score (nSPS) is 17.6. The van der Waals surface area contributed by atoms with Crippen LogP contribution in [0.1, 0.15) is 52.3 Å². The first-order valence-electron chi connectivity index (χ1n) is 15.1. The Kier molecular flexibility index (Phi) is 9.03. The molecular weight excluding hydrogens is 620 g/mol. The summed E-state index contributed by atoms with van der Waals surface area (Å²) in [6.07, 6.45) is -3.70. The van der Waals surface area contributed by atoms with Crippen LogP contribution in [0.5, 0.6) is 5.88 Å². The number of hydrogen-bond donors (Lipinski definition) is 0. The first-order chi connectivity index (χ1) is 22.5. The summed E-state index contributed by atoms with van der Waals surface area (Å²) < 4.78 is 74.2. The van der Waals surface area contributed by atoms with Crippen LogP contribution in [-0.4, -0.2) is 71.4 Å². The summed E-state index contributed by atoms with van der Waals surface area (Å²) in [4.78, 5) is 25.5. The largest absolute Gasteiger partial charge is 0.473 e. The monoisotopic (exact) mass is 652 g/mol. The molecule has 10 nitrogen and oxygen atoms in total. The van der Waals surface area contributed by atoms with Gasteiger partial charge in [-0.05, 0) is 49.7 Å². The molecule has 0 amide bonds. The Morgan fingerprint density at radius 2 is 1.87 bits per heavy atom. The zero-order valence-corrected chi connectivity index (χ0v) is 25.8. The summed E-state index contributed by atoms with van der Waals surface area (Å²) >= 11 is 0. The van der Waals surface area contributed by atoms with Gasteiger partial charge in [-0.25, -0.2) is 14.2 Å². The molecule has 0 radical (unpaired) electrons. The third-order valence-corrected chi connectivity index (χ3v) is 8.61. The number of aromatic nitrogens is 3. The van der Waals surface area contributed by atoms with E-state index in [1.165, 1.54) is 19.2 Å². The molecule has 0 bridgehead atoms. The van der Waals surface area contributed by atoms with Gasteiger partial charge < -0.3 is 23.7 Å². The van der Waals surface area contributed by atoms with Gasteiger partial charge in [-0.15, -0.1) is 0 Å². The molecule has 2 saturated heterocycles. The lowest BCUT2D eigenvalue weighted by Gasteiger charge is -2.39. The van der Waals surface area contributed by atoms with E-state index < -0.39 is 23.5 Å². The van der Waals surface area contributed by atoms with Crippen molar-refractivity contribution in [2.24, 2.45) is 0 Å². The number of esters is 1. The quantitative estimate of drug-likeness (QED) is 0.171. The van der Waals surface area contributed by atoms with E-state index in [0.29, 0.717) is 44.9 Å². The first-order valence-corrected chi connectivity index (χ1v) is 15.1. The topological polar surface area (TPSA) is 106 Å². The van der Waals surface area contributed by atoms with Crippen LogP contribution in [0.25, 0.3) is 11.0 Å². The number of fused-ring (bicyclic) bond motifs is 1. The smallest absolute Gasteiger partial charge is 0.416 e. The Hall–Kier alpha value is -4.74. The Morgan fingerprint density at radius 1 is 1.11 bits per heavy atom. The number of halogens is 4. The van der Waals surface area contributed by atoms with E-state index >= 15 is 0 Å². The highest BCUT2D eigenvalue weighted by molar-refractivity contribution is 5.93. The summed E-state index contributed by atoms with van der Waals surface area (Å²) in [5.41, 5.74) is 1.24. The summed E-state index contributed by atoms with van der Waals surface area (Å²) in [7, 11) is 1.33. The second-order valence-electron chi connectivity index (χ2n) is 11.5. The molecule has 2 atom stereocenters. The van der Waals surface area contributed by atoms with E-state index in [1.54, 1.807) is 23.1 Å². The Labute approximate surface area is 268 Å². The molecule has 4 heterocycles. The second-order valence-corrected chi connectivity index (χ2v) is 11.5. The predicted molar refractivity (Wildman–Crippen MR) is 162 cm³/mol. The third kappa shape index (κ3) is 6.86. The van der Waals surface area contributed by atoms with Crippen LogP contribution in [0.15, 0.2) is 48.5 Å². The van der Waals surface area contributed by atoms with E-state index in [2.05, 4.69) is 14.5 Å². The maximum Gasteiger partial charge on any atom is 0.416 e. The number of nitriles is 1. The minimum Gasteiger partial charge on any atom is -0.473 e. The van der Waals surface area contributed by atoms with E-state index in [0.717, 1.165) is 41.5 Å². The maximum atomic E-state index is 14.4. The standard InChI is InChI=1S/C33H32F4N6O4/c1-20(31-39-27-6-5-22(32(44)45-2)14-28(27)43(31)18-25-7-12-46-25)41-8-10-42(11-9-41)29-15-24(33(35,36)37)16-30(40-29)47-19-23-4-3-21(17-38)13-26(23)34/h3-6,13-16,20,25H,7-12,18-19H2,1-2H3/t20-,25?/m0/s1. The number of alkyl halides is 3. The molecule has 246 valence electrons. The van der Waals surface area contributed by atoms with Gasteiger partial charge in [0.1, 0.15) is 24.1 Å². The molecule has 2 fully saturated rings. The number of pyridine rings is 1. The highest BCUT2D eigenvalue weighted by Gasteiger charge is 2.34. The number of carbonyl (C=O) groups is 1. The van der Waals surface area contributed by atoms with Gasteiger partial charge in [-0.1, -0.05) is 6.07 Å². The van der Waals surface area contributed by atoms with E-state index in [-0.39, 0.29) is 41.6 Å². The maximum absolute atomic E-state index is 14.4. The number of hydrogen-bond acceptors (Lipinski definition) is 9. The number of carbonyl (C=O) groups excluding carboxylic acids is 1. The van der Waals surface area contributed by atoms with Crippen molar-refractivity contribution in [3.8, 4) is 11.9 Å². The number of anilines is 1. The number of imidazole rings is 1. The van der Waals surface area contributed by atoms with Crippen LogP contribution in [0.2, 0.25) is 0 Å². The molecule has 0 aliphatic carbocycles. The van der Waals surface area contributed by atoms with Gasteiger partial charge in [0.15, 0.2) is 0 Å². The number of benzene rings is 2. The number of ether oxygens (including phenoxy) is 3. The van der Waals surface area contributed by atoms with Crippen molar-refractivity contribution >= 4 is 22.8 Å². The minimum atomic E-state index is -4.65. The second kappa shape index (κ2) is 13.2. The zero-order valence-electron chi connectivity index (χ0n) is 25.8. The molecule has 2 aliphatic rings. The van der Waals surface area contributed by atoms with Crippen LogP contribution in [0.4, 0.5) is 23.4 Å². The molecule has 2 aliphatic heterocycles. The van der Waals surface area contributed by atoms with Gasteiger partial charge >= 0.3 is 12.1 Å². The fourth-order valence-electron chi connectivity index (χ4n) is 5.81. The fourth-order valence-corrected chi connectivity index (χ4v) is 5.81. The highest BCUT2D eigenvalue weighted by Crippen LogP contribution is 2.35. The van der Waals surface area contributed by atoms with Crippen molar-refractivity contribution in [2.45, 2.75) is 44.8 Å². The van der Waals surface area contributed by atoms with Crippen molar-refractivity contribution in [2.75, 3.05) is 44.8 Å². The van der Waals surface area contributed by atoms with Crippen LogP contribution in [-0.2, 0) is 28.8 Å². The molecule has 14 heteroatoms. The molecule has 4 aromatic rings. The van der Waals surface area contributed by atoms with Crippen molar-refractivity contribution in [3.63, 3.8) is 0 Å². The number of methoxy groups -OCH3 is 1. The predicted octanol–water partition coefficient (Wildman–Crippen LogP) is 5.50. The lowest BCUT2D eigenvalue weighted by Crippen LogP contribution is -2.48. The summed E-state index contributed by atoms with van der Waals surface area (Å²) in [5, 5.41) is 8.95. The average molecular weight is 653 g/mol. The first kappa shape index (κ1) is 32.2. The van der Waals surface area contributed by atoms with Crippen molar-refractivity contribution in [1.82, 2.24) is 19.4 Å². The molecule has 1 unspecified atom stereocenters. The molecule has 6 rings (SSSR count). The molecule has 47 heavy (non-hydrogen) atoms. The van der Waals surface area contributed by atoms with E-state index in [9.17, 15) is 22.4 Å². The number of rotatable bonds is 9. The van der Waals surface area contributed by atoms with Gasteiger partial charge in [-0.3, -0.25) is 4.90 Å². The van der Waals surface area contributed by atoms with Crippen LogP contribution < -0.4 is 9.64 Å². The number of nitrogens with zero attached hydrogens (tertiary/aromatic N) is 6. The number of piperazine rings is 1. The molecule has 0 saturated carbocycles. The zero-order chi connectivity index (χ0) is 33.3. The Bertz CT molecular complexity index is 1830. The summed E-state index contributed by atoms with van der Waals surface area (Å²) in [5.74, 6) is -0.517. The molecule has 2 aromatic heterocycles. The summed E-state index contributed by atoms with van der Waals surface area (Å²) in [6.45, 7) is 4.76. The third-order valence-electron chi connectivity index (χ3n) is 8.61. The van der Waals surface area contributed by atoms with Gasteiger partial charge in [-0.2, -0.15) is 23.4 Å². The van der Waals surface area contributed by atoms with Gasteiger partial charge in [0.05, 0.1) is 59.6 Å². The minimum absolute atomic E-state index is 0.0359. The molecule has 0 N–H and O–H groups in total. The lowest BCUT2D eigenvalue weighted by atomic mass is 10.1. The lowest BCUT2D eigenvalue weighted by molar-refractivity contribution is -0.137. The van der Waals surface area contributed by atoms with Crippen LogP contribution in [0, 0.1) is 17.1 Å². The van der Waals surface area contributed by atoms with Crippen molar-refractivity contribution < 1.29 is 36.6 Å². The van der Waals surface area contributed by atoms with Gasteiger partial charge in [0, 0.05) is 44.4 Å². The summed E-state index contributed by atoms with van der Waals surface area (Å²) in [6, 6.07) is 12.5.